The van der Waals surface area contributed by atoms with E-state index >= 15 is 0 Å². The smallest absolute Gasteiger partial charge is 0.119 e. The topological polar surface area (TPSA) is 85.2 Å². The van der Waals surface area contributed by atoms with Gasteiger partial charge in [-0.15, -0.1) is 0 Å². The van der Waals surface area contributed by atoms with Crippen LogP contribution in [0.25, 0.3) is 0 Å². The zero-order valence-corrected chi connectivity index (χ0v) is 13.0. The number of rotatable bonds is 6. The van der Waals surface area contributed by atoms with Gasteiger partial charge in [0.05, 0.1) is 30.8 Å². The van der Waals surface area contributed by atoms with Crippen LogP contribution in [-0.2, 0) is 11.2 Å². The molecule has 2 rings (SSSR count). The molecular formula is C18H17N2O3-. The first-order chi connectivity index (χ1) is 11.1. The van der Waals surface area contributed by atoms with Crippen LogP contribution in [0.1, 0.15) is 29.7 Å². The molecule has 23 heavy (non-hydrogen) atoms. The van der Waals surface area contributed by atoms with Gasteiger partial charge in [0.15, 0.2) is 0 Å². The highest BCUT2D eigenvalue weighted by atomic mass is 16.5. The summed E-state index contributed by atoms with van der Waals surface area (Å²) in [5, 5.41) is 23.3. The van der Waals surface area contributed by atoms with Crippen LogP contribution in [0.3, 0.4) is 0 Å². The van der Waals surface area contributed by atoms with Crippen molar-refractivity contribution >= 4 is 11.7 Å². The molecule has 0 saturated heterocycles. The minimum absolute atomic E-state index is 0.509. The van der Waals surface area contributed by atoms with E-state index in [-0.39, 0.29) is 0 Å². The van der Waals surface area contributed by atoms with Crippen molar-refractivity contribution in [2.75, 3.05) is 12.4 Å². The maximum Gasteiger partial charge on any atom is 0.119 e. The number of aliphatic carboxylic acids is 1. The Hall–Kier alpha value is -3.00. The lowest BCUT2D eigenvalue weighted by Gasteiger charge is -2.22. The second-order valence-electron chi connectivity index (χ2n) is 5.05. The van der Waals surface area contributed by atoms with Crippen LogP contribution in [-0.4, -0.2) is 13.1 Å². The van der Waals surface area contributed by atoms with Crippen LogP contribution in [0.2, 0.25) is 0 Å². The molecule has 1 unspecified atom stereocenters. The quantitative estimate of drug-likeness (QED) is 0.882. The van der Waals surface area contributed by atoms with Gasteiger partial charge in [-0.2, -0.15) is 5.26 Å². The van der Waals surface area contributed by atoms with Crippen LogP contribution in [0, 0.1) is 11.3 Å². The Balaban J connectivity index is 2.34. The minimum Gasteiger partial charge on any atom is -0.548 e. The molecule has 0 aromatic heterocycles. The fourth-order valence-corrected chi connectivity index (χ4v) is 2.26. The fraction of sp³-hybridized carbons (Fsp3) is 0.222. The molecule has 5 heteroatoms. The summed E-state index contributed by atoms with van der Waals surface area (Å²) >= 11 is 0. The normalized spacial score (nSPS) is 11.3. The third-order valence-corrected chi connectivity index (χ3v) is 3.53. The summed E-state index contributed by atoms with van der Waals surface area (Å²) in [6, 6.07) is 12.9. The third kappa shape index (κ3) is 4.01. The molecule has 2 aromatic carbocycles. The van der Waals surface area contributed by atoms with Gasteiger partial charge >= 0.3 is 0 Å². The molecule has 2 aromatic rings. The number of nitrogens with zero attached hydrogens (tertiary/aromatic N) is 1. The summed E-state index contributed by atoms with van der Waals surface area (Å²) in [5.74, 6) is -0.628. The molecule has 118 valence electrons. The van der Waals surface area contributed by atoms with Gasteiger partial charge < -0.3 is 20.0 Å². The molecule has 0 spiro atoms. The Morgan fingerprint density at radius 2 is 2.00 bits per heavy atom. The van der Waals surface area contributed by atoms with Crippen LogP contribution >= 0.6 is 0 Å². The van der Waals surface area contributed by atoms with E-state index < -0.39 is 12.0 Å². The summed E-state index contributed by atoms with van der Waals surface area (Å²) in [6.45, 7) is 1.99. The molecule has 0 saturated carbocycles. The second-order valence-corrected chi connectivity index (χ2v) is 5.05. The SMILES string of the molecule is CCc1cc(OC)cc(C(Nc2ccc(C#N)cc2)C(=O)[O-])c1. The molecule has 0 bridgehead atoms. The zero-order chi connectivity index (χ0) is 16.8. The van der Waals surface area contributed by atoms with Crippen LogP contribution in [0.5, 0.6) is 5.75 Å². The van der Waals surface area contributed by atoms with Crippen molar-refractivity contribution in [3.63, 3.8) is 0 Å². The average Bonchev–Trinajstić information content (AvgIpc) is 2.59. The Bertz CT molecular complexity index is 711. The van der Waals surface area contributed by atoms with Crippen molar-refractivity contribution in [3.05, 3.63) is 59.2 Å². The van der Waals surface area contributed by atoms with Crippen molar-refractivity contribution < 1.29 is 14.6 Å². The standard InChI is InChI=1S/C18H18N2O3/c1-3-12-8-14(10-16(9-12)23-2)17(18(21)22)20-15-6-4-13(11-19)5-7-15/h4-10,17,20H,3H2,1-2H3,(H,21,22)/p-1. The average molecular weight is 309 g/mol. The summed E-state index contributed by atoms with van der Waals surface area (Å²) in [4.78, 5) is 11.6. The van der Waals surface area contributed by atoms with Crippen molar-refractivity contribution in [2.45, 2.75) is 19.4 Å². The first kappa shape index (κ1) is 16.4. The monoisotopic (exact) mass is 309 g/mol. The molecule has 0 aliphatic heterocycles. The number of aryl methyl sites for hydroxylation is 1. The molecule has 0 aliphatic carbocycles. The predicted octanol–water partition coefficient (Wildman–Crippen LogP) is 2.03. The van der Waals surface area contributed by atoms with Crippen molar-refractivity contribution in [3.8, 4) is 11.8 Å². The number of ether oxygens (including phenoxy) is 1. The highest BCUT2D eigenvalue weighted by Crippen LogP contribution is 2.25. The molecule has 1 N–H and O–H groups in total. The van der Waals surface area contributed by atoms with Gasteiger partial charge in [-0.1, -0.05) is 13.0 Å². The summed E-state index contributed by atoms with van der Waals surface area (Å²) in [6.07, 6.45) is 0.765. The molecule has 0 fully saturated rings. The number of hydrogen-bond acceptors (Lipinski definition) is 5. The number of hydrogen-bond donors (Lipinski definition) is 1. The molecule has 0 amide bonds. The maximum atomic E-state index is 11.6. The van der Waals surface area contributed by atoms with E-state index in [0.29, 0.717) is 22.6 Å². The van der Waals surface area contributed by atoms with Crippen LogP contribution < -0.4 is 15.2 Å². The number of methoxy groups -OCH3 is 1. The zero-order valence-electron chi connectivity index (χ0n) is 13.0. The number of carboxylic acid groups (broad SMARTS) is 1. The molecule has 0 heterocycles. The number of benzene rings is 2. The van der Waals surface area contributed by atoms with Gasteiger partial charge in [0.2, 0.25) is 0 Å². The number of nitriles is 1. The molecule has 0 aliphatic rings. The van der Waals surface area contributed by atoms with Gasteiger partial charge in [0.1, 0.15) is 5.75 Å². The van der Waals surface area contributed by atoms with Crippen molar-refractivity contribution in [2.24, 2.45) is 0 Å². The van der Waals surface area contributed by atoms with Crippen molar-refractivity contribution in [1.82, 2.24) is 0 Å². The van der Waals surface area contributed by atoms with E-state index in [0.717, 1.165) is 12.0 Å². The van der Waals surface area contributed by atoms with E-state index in [1.807, 2.05) is 25.1 Å². The summed E-state index contributed by atoms with van der Waals surface area (Å²) < 4.78 is 5.23. The molecule has 0 radical (unpaired) electrons. The van der Waals surface area contributed by atoms with Gasteiger partial charge in [0.25, 0.3) is 0 Å². The maximum absolute atomic E-state index is 11.6. The molecular weight excluding hydrogens is 292 g/mol. The predicted molar refractivity (Wildman–Crippen MR) is 84.9 cm³/mol. The molecule has 1 atom stereocenters. The Kier molecular flexibility index (Phi) is 5.21. The number of carboxylic acids is 1. The van der Waals surface area contributed by atoms with Gasteiger partial charge in [0, 0.05) is 5.69 Å². The Labute approximate surface area is 135 Å². The van der Waals surface area contributed by atoms with Gasteiger partial charge in [-0.25, -0.2) is 0 Å². The second kappa shape index (κ2) is 7.32. The number of carbonyl (C=O) groups is 1. The number of anilines is 1. The van der Waals surface area contributed by atoms with Gasteiger partial charge in [-0.05, 0) is 53.9 Å². The highest BCUT2D eigenvalue weighted by Gasteiger charge is 2.15. The number of carbonyl (C=O) groups excluding carboxylic acids is 1. The lowest BCUT2D eigenvalue weighted by atomic mass is 10.0. The number of nitrogens with one attached hydrogen (secondary N) is 1. The van der Waals surface area contributed by atoms with Crippen LogP contribution in [0.15, 0.2) is 42.5 Å². The largest absolute Gasteiger partial charge is 0.548 e. The summed E-state index contributed by atoms with van der Waals surface area (Å²) in [7, 11) is 1.54. The lowest BCUT2D eigenvalue weighted by Crippen LogP contribution is -2.34. The fourth-order valence-electron chi connectivity index (χ4n) is 2.26. The van der Waals surface area contributed by atoms with E-state index in [2.05, 4.69) is 5.32 Å². The van der Waals surface area contributed by atoms with E-state index in [4.69, 9.17) is 10.00 Å². The van der Waals surface area contributed by atoms with E-state index in [1.54, 1.807) is 37.4 Å². The first-order valence-electron chi connectivity index (χ1n) is 7.22. The Morgan fingerprint density at radius 3 is 2.52 bits per heavy atom. The third-order valence-electron chi connectivity index (χ3n) is 3.53. The Morgan fingerprint density at radius 1 is 1.30 bits per heavy atom. The van der Waals surface area contributed by atoms with Crippen LogP contribution in [0.4, 0.5) is 5.69 Å². The minimum atomic E-state index is -1.23. The first-order valence-corrected chi connectivity index (χ1v) is 7.22. The van der Waals surface area contributed by atoms with Gasteiger partial charge in [-0.3, -0.25) is 0 Å². The highest BCUT2D eigenvalue weighted by molar-refractivity contribution is 5.78. The lowest BCUT2D eigenvalue weighted by molar-refractivity contribution is -0.307. The van der Waals surface area contributed by atoms with Crippen molar-refractivity contribution in [1.29, 1.82) is 5.26 Å². The summed E-state index contributed by atoms with van der Waals surface area (Å²) in [5.41, 5.74) is 2.65. The molecule has 5 nitrogen and oxygen atoms in total. The van der Waals surface area contributed by atoms with E-state index in [9.17, 15) is 9.90 Å². The van der Waals surface area contributed by atoms with E-state index in [1.165, 1.54) is 0 Å².